The van der Waals surface area contributed by atoms with Gasteiger partial charge in [-0.2, -0.15) is 0 Å². The second-order valence-corrected chi connectivity index (χ2v) is 16.1. The SMILES string of the molecule is COC(=O)N[C@H](C(=O)N1CCC[C@H]1C1=NC=C(c2ccc(-c3ccc(C4=CN=C([C@H]5C6CCC(C6)[C@@H]5C(=O)NCc5ccc(N)cc5)C4)cc3)cc2)C1)[C@@H](C)OC. The Labute approximate surface area is 334 Å². The fourth-order valence-corrected chi connectivity index (χ4v) is 9.76. The first-order valence-corrected chi connectivity index (χ1v) is 20.2. The quantitative estimate of drug-likeness (QED) is 0.169. The predicted octanol–water partition coefficient (Wildman–Crippen LogP) is 7.04. The van der Waals surface area contributed by atoms with Gasteiger partial charge < -0.3 is 30.7 Å². The van der Waals surface area contributed by atoms with Crippen molar-refractivity contribution in [2.24, 2.45) is 33.7 Å². The highest BCUT2D eigenvalue weighted by atomic mass is 16.5. The molecule has 0 aromatic heterocycles. The van der Waals surface area contributed by atoms with E-state index in [0.29, 0.717) is 31.3 Å². The summed E-state index contributed by atoms with van der Waals surface area (Å²) in [4.78, 5) is 50.9. The molecule has 7 atom stereocenters. The van der Waals surface area contributed by atoms with E-state index >= 15 is 0 Å². The van der Waals surface area contributed by atoms with Gasteiger partial charge in [0.2, 0.25) is 11.8 Å². The average molecular weight is 769 g/mol. The summed E-state index contributed by atoms with van der Waals surface area (Å²) in [6, 6.07) is 24.0. The number of nitrogens with two attached hydrogens (primary N) is 1. The number of amides is 3. The number of alkyl carbamates (subject to hydrolysis) is 1. The van der Waals surface area contributed by atoms with Crippen LogP contribution in [-0.2, 0) is 25.6 Å². The molecule has 2 saturated carbocycles. The minimum absolute atomic E-state index is 0.0197. The van der Waals surface area contributed by atoms with Crippen molar-refractivity contribution in [3.05, 3.63) is 102 Å². The van der Waals surface area contributed by atoms with E-state index in [1.807, 2.05) is 41.6 Å². The van der Waals surface area contributed by atoms with Crippen molar-refractivity contribution in [3.8, 4) is 11.1 Å². The highest BCUT2D eigenvalue weighted by Crippen LogP contribution is 2.54. The first-order chi connectivity index (χ1) is 27.7. The lowest BCUT2D eigenvalue weighted by Crippen LogP contribution is -2.56. The van der Waals surface area contributed by atoms with Crippen LogP contribution in [0.3, 0.4) is 0 Å². The van der Waals surface area contributed by atoms with Gasteiger partial charge in [-0.1, -0.05) is 60.7 Å². The second-order valence-electron chi connectivity index (χ2n) is 16.1. The number of aliphatic imine (C=N–C) groups is 2. The number of nitrogens with one attached hydrogen (secondary N) is 2. The lowest BCUT2D eigenvalue weighted by atomic mass is 9.75. The fraction of sp³-hybridized carbons (Fsp3) is 0.413. The van der Waals surface area contributed by atoms with Gasteiger partial charge in [0, 0.05) is 74.4 Å². The molecular weight excluding hydrogens is 717 g/mol. The summed E-state index contributed by atoms with van der Waals surface area (Å²) in [5.41, 5.74) is 16.6. The standard InChI is InChI=1S/C46H52N6O5/c1-27(56-2)43(51-46(55)57-3)45(54)52-20-4-5-40(52)38-22-35(25-48-38)31-12-8-29(9-13-31)30-10-14-32(15-11-30)36-23-39(49-26-36)41-33-16-17-34(21-33)42(41)44(53)50-24-28-6-18-37(47)19-7-28/h6-15,18-19,25-27,33-34,40-43H,4-5,16-17,20-24,47H2,1-3H3,(H,50,53)(H,51,55)/t27-,33?,34?,40+,41-,42+,43+/m1/s1. The van der Waals surface area contributed by atoms with E-state index in [-0.39, 0.29) is 29.7 Å². The molecular formula is C46H52N6O5. The van der Waals surface area contributed by atoms with Gasteiger partial charge in [0.25, 0.3) is 0 Å². The van der Waals surface area contributed by atoms with Crippen molar-refractivity contribution < 1.29 is 23.9 Å². The fourth-order valence-electron chi connectivity index (χ4n) is 9.76. The van der Waals surface area contributed by atoms with Crippen molar-refractivity contribution in [2.45, 2.75) is 76.6 Å². The van der Waals surface area contributed by atoms with Crippen LogP contribution in [0.5, 0.6) is 0 Å². The monoisotopic (exact) mass is 768 g/mol. The zero-order valence-corrected chi connectivity index (χ0v) is 32.9. The Morgan fingerprint density at radius 3 is 2.04 bits per heavy atom. The Morgan fingerprint density at radius 2 is 1.40 bits per heavy atom. The van der Waals surface area contributed by atoms with Crippen LogP contribution in [0.15, 0.2) is 95.2 Å². The van der Waals surface area contributed by atoms with Gasteiger partial charge in [0.15, 0.2) is 0 Å². The van der Waals surface area contributed by atoms with E-state index in [1.165, 1.54) is 26.2 Å². The van der Waals surface area contributed by atoms with Crippen molar-refractivity contribution in [3.63, 3.8) is 0 Å². The number of ether oxygens (including phenoxy) is 2. The zero-order chi connectivity index (χ0) is 39.6. The number of anilines is 1. The number of likely N-dealkylation sites (tertiary alicyclic amines) is 1. The number of rotatable bonds is 12. The normalized spacial score (nSPS) is 24.7. The van der Waals surface area contributed by atoms with Crippen LogP contribution in [0.25, 0.3) is 22.3 Å². The highest BCUT2D eigenvalue weighted by Gasteiger charge is 2.52. The Bertz CT molecular complexity index is 2120. The third-order valence-electron chi connectivity index (χ3n) is 12.9. The van der Waals surface area contributed by atoms with Crippen molar-refractivity contribution in [1.82, 2.24) is 15.5 Å². The topological polar surface area (TPSA) is 148 Å². The van der Waals surface area contributed by atoms with E-state index in [0.717, 1.165) is 82.6 Å². The van der Waals surface area contributed by atoms with Gasteiger partial charge in [-0.3, -0.25) is 19.6 Å². The zero-order valence-electron chi connectivity index (χ0n) is 32.9. The molecule has 57 heavy (non-hydrogen) atoms. The van der Waals surface area contributed by atoms with Crippen molar-refractivity contribution in [1.29, 1.82) is 0 Å². The summed E-state index contributed by atoms with van der Waals surface area (Å²) in [6.07, 6.45) is 9.29. The molecule has 2 bridgehead atoms. The van der Waals surface area contributed by atoms with E-state index in [4.69, 9.17) is 25.2 Å². The number of hydrogen-bond acceptors (Lipinski definition) is 8. The van der Waals surface area contributed by atoms with Crippen LogP contribution in [0.2, 0.25) is 0 Å². The number of carbonyl (C=O) groups is 3. The van der Waals surface area contributed by atoms with E-state index < -0.39 is 18.2 Å². The molecule has 1 saturated heterocycles. The smallest absolute Gasteiger partial charge is 0.407 e. The van der Waals surface area contributed by atoms with Gasteiger partial charge in [0.1, 0.15) is 6.04 Å². The third-order valence-corrected chi connectivity index (χ3v) is 12.9. The Morgan fingerprint density at radius 1 is 0.807 bits per heavy atom. The molecule has 2 aliphatic carbocycles. The van der Waals surface area contributed by atoms with E-state index in [1.54, 1.807) is 6.92 Å². The summed E-state index contributed by atoms with van der Waals surface area (Å²) in [5.74, 6) is 1.09. The second kappa shape index (κ2) is 16.5. The molecule has 4 N–H and O–H groups in total. The molecule has 0 spiro atoms. The molecule has 2 unspecified atom stereocenters. The molecule has 3 fully saturated rings. The molecule has 5 aliphatic rings. The van der Waals surface area contributed by atoms with Gasteiger partial charge in [-0.05, 0) is 102 Å². The molecule has 8 rings (SSSR count). The number of methoxy groups -OCH3 is 2. The Balaban J connectivity index is 0.861. The van der Waals surface area contributed by atoms with Crippen LogP contribution < -0.4 is 16.4 Å². The van der Waals surface area contributed by atoms with Crippen molar-refractivity contribution >= 4 is 46.2 Å². The third kappa shape index (κ3) is 7.90. The molecule has 3 aliphatic heterocycles. The molecule has 0 radical (unpaired) electrons. The number of nitrogen functional groups attached to an aromatic ring is 1. The minimum Gasteiger partial charge on any atom is -0.453 e. The first-order valence-electron chi connectivity index (χ1n) is 20.2. The number of fused-ring (bicyclic) bond motifs is 2. The minimum atomic E-state index is -0.855. The number of hydrogen-bond donors (Lipinski definition) is 3. The largest absolute Gasteiger partial charge is 0.453 e. The summed E-state index contributed by atoms with van der Waals surface area (Å²) < 4.78 is 10.2. The van der Waals surface area contributed by atoms with Crippen LogP contribution in [0.1, 0.15) is 68.6 Å². The maximum absolute atomic E-state index is 13.7. The summed E-state index contributed by atoms with van der Waals surface area (Å²) in [7, 11) is 2.80. The summed E-state index contributed by atoms with van der Waals surface area (Å²) >= 11 is 0. The maximum Gasteiger partial charge on any atom is 0.407 e. The van der Waals surface area contributed by atoms with Gasteiger partial charge in [0.05, 0.1) is 19.3 Å². The predicted molar refractivity (Wildman–Crippen MR) is 223 cm³/mol. The van der Waals surface area contributed by atoms with Crippen LogP contribution in [0.4, 0.5) is 10.5 Å². The van der Waals surface area contributed by atoms with E-state index in [9.17, 15) is 14.4 Å². The van der Waals surface area contributed by atoms with E-state index in [2.05, 4.69) is 59.2 Å². The molecule has 11 nitrogen and oxygen atoms in total. The molecule has 296 valence electrons. The average Bonchev–Trinajstić information content (AvgIpc) is 4.10. The number of nitrogens with zero attached hydrogens (tertiary/aromatic N) is 3. The van der Waals surface area contributed by atoms with Crippen LogP contribution in [0, 0.1) is 23.7 Å². The highest BCUT2D eigenvalue weighted by molar-refractivity contribution is 6.04. The molecule has 3 heterocycles. The van der Waals surface area contributed by atoms with Gasteiger partial charge in [-0.15, -0.1) is 0 Å². The maximum atomic E-state index is 13.7. The number of benzene rings is 3. The first kappa shape index (κ1) is 38.3. The van der Waals surface area contributed by atoms with Crippen LogP contribution in [-0.4, -0.2) is 73.2 Å². The lowest BCUT2D eigenvalue weighted by Gasteiger charge is -2.31. The summed E-state index contributed by atoms with van der Waals surface area (Å²) in [5, 5.41) is 5.88. The lowest BCUT2D eigenvalue weighted by molar-refractivity contribution is -0.136. The van der Waals surface area contributed by atoms with Gasteiger partial charge >= 0.3 is 6.09 Å². The van der Waals surface area contributed by atoms with Crippen molar-refractivity contribution in [2.75, 3.05) is 26.5 Å². The Hall–Kier alpha value is -5.55. The number of allylic oxidation sites excluding steroid dienone is 2. The molecule has 3 amide bonds. The Kier molecular flexibility index (Phi) is 11.1. The van der Waals surface area contributed by atoms with Crippen LogP contribution >= 0.6 is 0 Å². The van der Waals surface area contributed by atoms with Gasteiger partial charge in [-0.25, -0.2) is 4.79 Å². The molecule has 11 heteroatoms. The molecule has 3 aromatic carbocycles. The number of carbonyl (C=O) groups excluding carboxylic acids is 3. The molecule has 3 aromatic rings. The summed E-state index contributed by atoms with van der Waals surface area (Å²) in [6.45, 7) is 2.87.